The van der Waals surface area contributed by atoms with E-state index in [9.17, 15) is 9.90 Å². The summed E-state index contributed by atoms with van der Waals surface area (Å²) in [4.78, 5) is 20.9. The molecule has 10 heteroatoms. The molecule has 0 aliphatic heterocycles. The van der Waals surface area contributed by atoms with E-state index in [1.807, 2.05) is 72.8 Å². The van der Waals surface area contributed by atoms with E-state index < -0.39 is 6.23 Å². The molecule has 10 nitrogen and oxygen atoms in total. The first-order chi connectivity index (χ1) is 17.5. The Morgan fingerprint density at radius 2 is 1.33 bits per heavy atom. The van der Waals surface area contributed by atoms with Crippen LogP contribution < -0.4 is 10.6 Å². The van der Waals surface area contributed by atoms with Crippen molar-refractivity contribution in [1.29, 1.82) is 0 Å². The highest BCUT2D eigenvalue weighted by Crippen LogP contribution is 2.30. The first kappa shape index (κ1) is 22.9. The van der Waals surface area contributed by atoms with Gasteiger partial charge in [-0.2, -0.15) is 10.2 Å². The Morgan fingerprint density at radius 1 is 0.806 bits per heavy atom. The number of H-pyrrole nitrogens is 2. The number of aromatic nitrogens is 6. The molecule has 0 bridgehead atoms. The molecule has 0 aliphatic rings. The van der Waals surface area contributed by atoms with Crippen LogP contribution in [0.1, 0.15) is 13.8 Å². The molecule has 5 N–H and O–H groups in total. The largest absolute Gasteiger partial charge is 0.374 e. The zero-order valence-electron chi connectivity index (χ0n) is 19.6. The molecule has 0 saturated heterocycles. The van der Waals surface area contributed by atoms with E-state index in [-0.39, 0.29) is 5.91 Å². The molecule has 0 saturated carbocycles. The molecule has 0 radical (unpaired) electrons. The van der Waals surface area contributed by atoms with Crippen LogP contribution in [-0.4, -0.2) is 47.6 Å². The highest BCUT2D eigenvalue weighted by atomic mass is 16.3. The minimum atomic E-state index is -0.707. The second kappa shape index (κ2) is 9.80. The Labute approximate surface area is 206 Å². The standard InChI is InChI=1S/C26H24N8O2/c1-15(35)27-21-12-5-3-10-19(21)25-29-23(31-33-25)17-8-7-9-18(14-17)24-30-26(34-32-24)20-11-4-6-13-22(20)28-16(2)36/h3-15,27,35H,1-2H3,(H,28,36)(H,29,31,33)(H,30,32,34). The summed E-state index contributed by atoms with van der Waals surface area (Å²) >= 11 is 0. The van der Waals surface area contributed by atoms with E-state index in [1.54, 1.807) is 6.92 Å². The zero-order valence-corrected chi connectivity index (χ0v) is 19.6. The van der Waals surface area contributed by atoms with Gasteiger partial charge < -0.3 is 15.7 Å². The summed E-state index contributed by atoms with van der Waals surface area (Å²) in [7, 11) is 0. The lowest BCUT2D eigenvalue weighted by molar-refractivity contribution is -0.114. The van der Waals surface area contributed by atoms with Crippen molar-refractivity contribution < 1.29 is 9.90 Å². The number of nitrogens with one attached hydrogen (secondary N) is 4. The normalized spacial score (nSPS) is 11.8. The molecule has 36 heavy (non-hydrogen) atoms. The quantitative estimate of drug-likeness (QED) is 0.218. The average molecular weight is 481 g/mol. The molecule has 1 unspecified atom stereocenters. The van der Waals surface area contributed by atoms with Crippen LogP contribution in [0.2, 0.25) is 0 Å². The van der Waals surface area contributed by atoms with Gasteiger partial charge >= 0.3 is 0 Å². The number of para-hydroxylation sites is 2. The van der Waals surface area contributed by atoms with Crippen molar-refractivity contribution in [3.63, 3.8) is 0 Å². The van der Waals surface area contributed by atoms with Crippen molar-refractivity contribution in [3.8, 4) is 45.6 Å². The van der Waals surface area contributed by atoms with E-state index in [0.717, 1.165) is 27.9 Å². The Morgan fingerprint density at radius 3 is 1.89 bits per heavy atom. The number of carbonyl (C=O) groups is 1. The predicted octanol–water partition coefficient (Wildman–Crippen LogP) is 4.30. The van der Waals surface area contributed by atoms with Crippen molar-refractivity contribution in [2.24, 2.45) is 0 Å². The van der Waals surface area contributed by atoms with Crippen LogP contribution in [-0.2, 0) is 4.79 Å². The van der Waals surface area contributed by atoms with Gasteiger partial charge in [-0.15, -0.1) is 0 Å². The lowest BCUT2D eigenvalue weighted by atomic mass is 10.1. The molecule has 5 rings (SSSR count). The average Bonchev–Trinajstić information content (AvgIpc) is 3.55. The summed E-state index contributed by atoms with van der Waals surface area (Å²) in [5.41, 5.74) is 4.52. The Balaban J connectivity index is 1.44. The zero-order chi connectivity index (χ0) is 25.1. The summed E-state index contributed by atoms with van der Waals surface area (Å²) in [6.45, 7) is 3.12. The van der Waals surface area contributed by atoms with Crippen LogP contribution in [0.3, 0.4) is 0 Å². The van der Waals surface area contributed by atoms with Crippen LogP contribution in [0, 0.1) is 0 Å². The molecule has 0 aliphatic carbocycles. The monoisotopic (exact) mass is 480 g/mol. The fourth-order valence-electron chi connectivity index (χ4n) is 3.85. The molecule has 1 amide bonds. The predicted molar refractivity (Wildman–Crippen MR) is 138 cm³/mol. The van der Waals surface area contributed by atoms with E-state index >= 15 is 0 Å². The lowest BCUT2D eigenvalue weighted by Crippen LogP contribution is -2.14. The Bertz CT molecular complexity index is 1520. The van der Waals surface area contributed by atoms with Crippen molar-refractivity contribution in [1.82, 2.24) is 30.4 Å². The number of hydrogen-bond donors (Lipinski definition) is 5. The Kier molecular flexibility index (Phi) is 6.25. The number of aliphatic hydroxyl groups excluding tert-OH is 1. The topological polar surface area (TPSA) is 144 Å². The molecule has 0 fully saturated rings. The van der Waals surface area contributed by atoms with Crippen LogP contribution in [0.25, 0.3) is 45.6 Å². The van der Waals surface area contributed by atoms with Gasteiger partial charge in [0.05, 0.1) is 5.69 Å². The lowest BCUT2D eigenvalue weighted by Gasteiger charge is -2.12. The summed E-state index contributed by atoms with van der Waals surface area (Å²) in [5.74, 6) is 1.98. The highest BCUT2D eigenvalue weighted by molar-refractivity contribution is 5.93. The summed E-state index contributed by atoms with van der Waals surface area (Å²) in [6.07, 6.45) is -0.707. The second-order valence-electron chi connectivity index (χ2n) is 8.19. The van der Waals surface area contributed by atoms with Gasteiger partial charge in [0.2, 0.25) is 5.91 Å². The number of aromatic amines is 2. The van der Waals surface area contributed by atoms with Gasteiger partial charge in [0.25, 0.3) is 0 Å². The van der Waals surface area contributed by atoms with Crippen LogP contribution in [0.5, 0.6) is 0 Å². The number of amides is 1. The number of rotatable bonds is 7. The van der Waals surface area contributed by atoms with Crippen LogP contribution >= 0.6 is 0 Å². The van der Waals surface area contributed by atoms with Gasteiger partial charge in [-0.25, -0.2) is 9.97 Å². The fourth-order valence-corrected chi connectivity index (χ4v) is 3.85. The first-order valence-corrected chi connectivity index (χ1v) is 11.3. The van der Waals surface area contributed by atoms with Crippen molar-refractivity contribution in [2.75, 3.05) is 10.6 Å². The number of nitrogens with zero attached hydrogens (tertiary/aromatic N) is 4. The minimum Gasteiger partial charge on any atom is -0.374 e. The maximum absolute atomic E-state index is 11.6. The highest BCUT2D eigenvalue weighted by Gasteiger charge is 2.15. The minimum absolute atomic E-state index is 0.162. The van der Waals surface area contributed by atoms with Gasteiger partial charge in [0, 0.05) is 34.9 Å². The number of hydrogen-bond acceptors (Lipinski definition) is 7. The maximum Gasteiger partial charge on any atom is 0.221 e. The molecule has 2 heterocycles. The number of aliphatic hydroxyl groups is 1. The van der Waals surface area contributed by atoms with Gasteiger partial charge in [-0.3, -0.25) is 15.0 Å². The number of carbonyl (C=O) groups excluding carboxylic acids is 1. The maximum atomic E-state index is 11.6. The third-order valence-electron chi connectivity index (χ3n) is 5.39. The van der Waals surface area contributed by atoms with Gasteiger partial charge in [-0.05, 0) is 37.3 Å². The van der Waals surface area contributed by atoms with E-state index in [4.69, 9.17) is 0 Å². The molecule has 3 aromatic carbocycles. The third-order valence-corrected chi connectivity index (χ3v) is 5.39. The molecule has 180 valence electrons. The molecular weight excluding hydrogens is 456 g/mol. The molecule has 0 spiro atoms. The smallest absolute Gasteiger partial charge is 0.221 e. The van der Waals surface area contributed by atoms with Gasteiger partial charge in [0.15, 0.2) is 23.3 Å². The molecule has 1 atom stereocenters. The first-order valence-electron chi connectivity index (χ1n) is 11.3. The molecule has 2 aromatic heterocycles. The number of benzene rings is 3. The molecule has 5 aromatic rings. The second-order valence-corrected chi connectivity index (χ2v) is 8.19. The van der Waals surface area contributed by atoms with Crippen LogP contribution in [0.15, 0.2) is 72.8 Å². The van der Waals surface area contributed by atoms with Crippen molar-refractivity contribution in [3.05, 3.63) is 72.8 Å². The van der Waals surface area contributed by atoms with Gasteiger partial charge in [0.1, 0.15) is 6.23 Å². The van der Waals surface area contributed by atoms with E-state index in [2.05, 4.69) is 41.0 Å². The summed E-state index contributed by atoms with van der Waals surface area (Å²) in [5, 5.41) is 30.3. The summed E-state index contributed by atoms with van der Waals surface area (Å²) in [6, 6.07) is 22.6. The summed E-state index contributed by atoms with van der Waals surface area (Å²) < 4.78 is 0. The number of anilines is 2. The van der Waals surface area contributed by atoms with Crippen LogP contribution in [0.4, 0.5) is 11.4 Å². The van der Waals surface area contributed by atoms with Crippen molar-refractivity contribution >= 4 is 17.3 Å². The SMILES string of the molecule is CC(=O)Nc1ccccc1-c1nc(-c2cccc(-c3n[nH]c(-c4ccccc4NC(C)O)n3)c2)n[nH]1. The van der Waals surface area contributed by atoms with E-state index in [1.165, 1.54) is 6.92 Å². The third kappa shape index (κ3) is 4.84. The Hall–Kier alpha value is -4.83. The van der Waals surface area contributed by atoms with E-state index in [0.29, 0.717) is 29.0 Å². The molecular formula is C26H24N8O2. The van der Waals surface area contributed by atoms with Crippen molar-refractivity contribution in [2.45, 2.75) is 20.1 Å². The van der Waals surface area contributed by atoms with Gasteiger partial charge in [-0.1, -0.05) is 42.5 Å². The fraction of sp³-hybridized carbons (Fsp3) is 0.115.